The first-order valence-electron chi connectivity index (χ1n) is 4.90. The van der Waals surface area contributed by atoms with Gasteiger partial charge in [0, 0.05) is 19.4 Å². The molecule has 0 aliphatic heterocycles. The Morgan fingerprint density at radius 1 is 1.33 bits per heavy atom. The zero-order chi connectivity index (χ0) is 10.7. The molecule has 0 spiro atoms. The topological polar surface area (TPSA) is 42.7 Å². The quantitative estimate of drug-likeness (QED) is 0.824. The average Bonchev–Trinajstić information content (AvgIpc) is 2.63. The van der Waals surface area contributed by atoms with E-state index in [9.17, 15) is 0 Å². The first-order valence-corrected chi connectivity index (χ1v) is 4.90. The summed E-state index contributed by atoms with van der Waals surface area (Å²) in [5.74, 6) is 0.929. The Morgan fingerprint density at radius 3 is 2.87 bits per heavy atom. The van der Waals surface area contributed by atoms with Crippen LogP contribution in [0.15, 0.2) is 30.6 Å². The number of pyridine rings is 1. The van der Waals surface area contributed by atoms with Crippen molar-refractivity contribution in [2.45, 2.75) is 13.5 Å². The molecule has 0 unspecified atom stereocenters. The number of anilines is 1. The maximum Gasteiger partial charge on any atom is 0.129 e. The molecule has 0 bridgehead atoms. The Bertz CT molecular complexity index is 447. The molecule has 0 fully saturated rings. The van der Waals surface area contributed by atoms with Gasteiger partial charge in [0.2, 0.25) is 0 Å². The number of nitrogens with one attached hydrogen (secondary N) is 1. The maximum atomic E-state index is 4.27. The van der Waals surface area contributed by atoms with Gasteiger partial charge in [0.15, 0.2) is 0 Å². The Morgan fingerprint density at radius 2 is 2.20 bits per heavy atom. The zero-order valence-electron chi connectivity index (χ0n) is 8.94. The number of aryl methyl sites for hydroxylation is 2. The van der Waals surface area contributed by atoms with Crippen LogP contribution >= 0.6 is 0 Å². The van der Waals surface area contributed by atoms with E-state index in [1.54, 1.807) is 12.4 Å². The van der Waals surface area contributed by atoms with E-state index in [0.717, 1.165) is 23.6 Å². The van der Waals surface area contributed by atoms with Gasteiger partial charge in [0.25, 0.3) is 0 Å². The second kappa shape index (κ2) is 4.13. The van der Waals surface area contributed by atoms with Gasteiger partial charge in [-0.3, -0.25) is 4.68 Å². The van der Waals surface area contributed by atoms with E-state index in [1.165, 1.54) is 0 Å². The summed E-state index contributed by atoms with van der Waals surface area (Å²) in [6, 6.07) is 5.97. The van der Waals surface area contributed by atoms with Crippen LogP contribution in [0.25, 0.3) is 0 Å². The summed E-state index contributed by atoms with van der Waals surface area (Å²) in [5.41, 5.74) is 2.29. The predicted molar refractivity (Wildman–Crippen MR) is 59.5 cm³/mol. The summed E-state index contributed by atoms with van der Waals surface area (Å²) < 4.78 is 1.85. The highest BCUT2D eigenvalue weighted by Gasteiger charge is 2.00. The lowest BCUT2D eigenvalue weighted by molar-refractivity contribution is 0.720. The highest BCUT2D eigenvalue weighted by atomic mass is 15.3. The van der Waals surface area contributed by atoms with E-state index < -0.39 is 0 Å². The van der Waals surface area contributed by atoms with Crippen molar-refractivity contribution in [1.29, 1.82) is 0 Å². The van der Waals surface area contributed by atoms with Gasteiger partial charge in [-0.05, 0) is 24.6 Å². The zero-order valence-corrected chi connectivity index (χ0v) is 8.94. The van der Waals surface area contributed by atoms with Gasteiger partial charge < -0.3 is 5.32 Å². The average molecular weight is 202 g/mol. The summed E-state index contributed by atoms with van der Waals surface area (Å²) in [7, 11) is 1.93. The monoisotopic (exact) mass is 202 g/mol. The van der Waals surface area contributed by atoms with Crippen LogP contribution in [0.3, 0.4) is 0 Å². The normalized spacial score (nSPS) is 10.3. The lowest BCUT2D eigenvalue weighted by atomic mass is 10.3. The van der Waals surface area contributed by atoms with Gasteiger partial charge in [-0.1, -0.05) is 6.07 Å². The van der Waals surface area contributed by atoms with Crippen molar-refractivity contribution >= 4 is 5.82 Å². The first kappa shape index (κ1) is 9.71. The van der Waals surface area contributed by atoms with E-state index >= 15 is 0 Å². The molecule has 1 N–H and O–H groups in total. The fourth-order valence-electron chi connectivity index (χ4n) is 1.42. The van der Waals surface area contributed by atoms with Crippen molar-refractivity contribution in [1.82, 2.24) is 14.8 Å². The van der Waals surface area contributed by atoms with E-state index in [0.29, 0.717) is 0 Å². The molecule has 0 saturated heterocycles. The van der Waals surface area contributed by atoms with Crippen LogP contribution in [0.2, 0.25) is 0 Å². The van der Waals surface area contributed by atoms with Crippen molar-refractivity contribution < 1.29 is 0 Å². The van der Waals surface area contributed by atoms with Crippen molar-refractivity contribution in [2.75, 3.05) is 5.32 Å². The van der Waals surface area contributed by atoms with Gasteiger partial charge in [0.05, 0.1) is 12.2 Å². The standard InChI is InChI=1S/C11H14N4/c1-9-4-3-6-12-11(9)13-8-10-5-7-14-15(10)2/h3-7H,8H2,1-2H3,(H,12,13). The number of hydrogen-bond donors (Lipinski definition) is 1. The number of hydrogen-bond acceptors (Lipinski definition) is 3. The van der Waals surface area contributed by atoms with Gasteiger partial charge in [-0.2, -0.15) is 5.10 Å². The molecular formula is C11H14N4. The van der Waals surface area contributed by atoms with Crippen LogP contribution in [0.1, 0.15) is 11.3 Å². The van der Waals surface area contributed by atoms with Gasteiger partial charge >= 0.3 is 0 Å². The minimum atomic E-state index is 0.744. The number of rotatable bonds is 3. The fourth-order valence-corrected chi connectivity index (χ4v) is 1.42. The summed E-state index contributed by atoms with van der Waals surface area (Å²) in [4.78, 5) is 4.27. The molecule has 0 aromatic carbocycles. The Kier molecular flexibility index (Phi) is 2.67. The van der Waals surface area contributed by atoms with Crippen LogP contribution < -0.4 is 5.32 Å². The van der Waals surface area contributed by atoms with Gasteiger partial charge in [0.1, 0.15) is 5.82 Å². The number of aromatic nitrogens is 3. The molecule has 78 valence electrons. The second-order valence-corrected chi connectivity index (χ2v) is 3.47. The molecule has 0 aliphatic carbocycles. The third-order valence-corrected chi connectivity index (χ3v) is 2.37. The molecule has 4 nitrogen and oxygen atoms in total. The van der Waals surface area contributed by atoms with Gasteiger partial charge in [-0.15, -0.1) is 0 Å². The highest BCUT2D eigenvalue weighted by molar-refractivity contribution is 5.42. The Hall–Kier alpha value is -1.84. The molecule has 0 radical (unpaired) electrons. The smallest absolute Gasteiger partial charge is 0.129 e. The van der Waals surface area contributed by atoms with E-state index in [4.69, 9.17) is 0 Å². The minimum absolute atomic E-state index is 0.744. The highest BCUT2D eigenvalue weighted by Crippen LogP contribution is 2.10. The van der Waals surface area contributed by atoms with E-state index in [2.05, 4.69) is 15.4 Å². The van der Waals surface area contributed by atoms with Crippen LogP contribution in [0.5, 0.6) is 0 Å². The number of nitrogens with zero attached hydrogens (tertiary/aromatic N) is 3. The lowest BCUT2D eigenvalue weighted by Gasteiger charge is -2.07. The molecule has 2 rings (SSSR count). The third-order valence-electron chi connectivity index (χ3n) is 2.37. The minimum Gasteiger partial charge on any atom is -0.364 e. The molecule has 2 aromatic rings. The Balaban J connectivity index is 2.06. The van der Waals surface area contributed by atoms with Crippen molar-refractivity contribution in [3.05, 3.63) is 41.9 Å². The van der Waals surface area contributed by atoms with Crippen molar-refractivity contribution in [2.24, 2.45) is 7.05 Å². The summed E-state index contributed by atoms with van der Waals surface area (Å²) in [6.07, 6.45) is 3.58. The Labute approximate surface area is 89.0 Å². The summed E-state index contributed by atoms with van der Waals surface area (Å²) in [6.45, 7) is 2.78. The molecular weight excluding hydrogens is 188 g/mol. The molecule has 4 heteroatoms. The molecule has 2 aromatic heterocycles. The molecule has 0 atom stereocenters. The van der Waals surface area contributed by atoms with Crippen LogP contribution in [-0.2, 0) is 13.6 Å². The molecule has 15 heavy (non-hydrogen) atoms. The third kappa shape index (κ3) is 2.15. The van der Waals surface area contributed by atoms with Crippen LogP contribution in [0.4, 0.5) is 5.82 Å². The van der Waals surface area contributed by atoms with Crippen LogP contribution in [-0.4, -0.2) is 14.8 Å². The second-order valence-electron chi connectivity index (χ2n) is 3.47. The SMILES string of the molecule is Cc1cccnc1NCc1ccnn1C. The van der Waals surface area contributed by atoms with Crippen molar-refractivity contribution in [3.8, 4) is 0 Å². The molecule has 0 amide bonds. The maximum absolute atomic E-state index is 4.27. The van der Waals surface area contributed by atoms with Crippen LogP contribution in [0, 0.1) is 6.92 Å². The molecule has 0 aliphatic rings. The van der Waals surface area contributed by atoms with Gasteiger partial charge in [-0.25, -0.2) is 4.98 Å². The van der Waals surface area contributed by atoms with E-state index in [1.807, 2.05) is 36.9 Å². The largest absolute Gasteiger partial charge is 0.364 e. The van der Waals surface area contributed by atoms with E-state index in [-0.39, 0.29) is 0 Å². The summed E-state index contributed by atoms with van der Waals surface area (Å²) in [5, 5.41) is 7.39. The fraction of sp³-hybridized carbons (Fsp3) is 0.273. The first-order chi connectivity index (χ1) is 7.27. The lowest BCUT2D eigenvalue weighted by Crippen LogP contribution is -2.07. The molecule has 2 heterocycles. The van der Waals surface area contributed by atoms with Crippen molar-refractivity contribution in [3.63, 3.8) is 0 Å². The predicted octanol–water partition coefficient (Wildman–Crippen LogP) is 1.74. The summed E-state index contributed by atoms with van der Waals surface area (Å²) >= 11 is 0. The molecule has 0 saturated carbocycles.